The number of ether oxygens (including phenoxy) is 1. The molecule has 0 aromatic heterocycles. The maximum Gasteiger partial charge on any atom is 0.339 e. The maximum atomic E-state index is 12.4. The van der Waals surface area contributed by atoms with Crippen molar-refractivity contribution in [3.63, 3.8) is 0 Å². The van der Waals surface area contributed by atoms with E-state index in [-0.39, 0.29) is 5.91 Å². The Kier molecular flexibility index (Phi) is 5.09. The average Bonchev–Trinajstić information content (AvgIpc) is 2.66. The van der Waals surface area contributed by atoms with E-state index in [0.717, 1.165) is 16.3 Å². The first-order valence-electron chi connectivity index (χ1n) is 8.15. The Labute approximate surface area is 146 Å². The van der Waals surface area contributed by atoms with Crippen molar-refractivity contribution in [3.05, 3.63) is 83.9 Å². The second-order valence-electron chi connectivity index (χ2n) is 5.78. The summed E-state index contributed by atoms with van der Waals surface area (Å²) >= 11 is 0. The van der Waals surface area contributed by atoms with Crippen LogP contribution in [-0.2, 0) is 16.1 Å². The van der Waals surface area contributed by atoms with Crippen molar-refractivity contribution in [2.24, 2.45) is 0 Å². The summed E-state index contributed by atoms with van der Waals surface area (Å²) in [5, 5.41) is 4.55. The Bertz CT molecular complexity index is 885. The zero-order valence-electron chi connectivity index (χ0n) is 13.9. The minimum Gasteiger partial charge on any atom is -0.449 e. The number of carbonyl (C=O) groups is 2. The Morgan fingerprint density at radius 3 is 2.40 bits per heavy atom. The van der Waals surface area contributed by atoms with Crippen LogP contribution in [0, 0.1) is 0 Å². The van der Waals surface area contributed by atoms with E-state index in [2.05, 4.69) is 5.32 Å². The van der Waals surface area contributed by atoms with Crippen molar-refractivity contribution in [1.82, 2.24) is 5.32 Å². The summed E-state index contributed by atoms with van der Waals surface area (Å²) in [7, 11) is 0. The van der Waals surface area contributed by atoms with Crippen LogP contribution in [-0.4, -0.2) is 18.0 Å². The Hall–Kier alpha value is -3.14. The zero-order valence-corrected chi connectivity index (χ0v) is 13.9. The minimum absolute atomic E-state index is 0.322. The standard InChI is InChI=1S/C21H19NO3/c1-15(20(23)22-14-16-8-3-2-4-9-16)25-21(24)19-13-7-11-17-10-5-6-12-18(17)19/h2-13,15H,14H2,1H3,(H,22,23)/t15-/m1/s1. The molecule has 3 aromatic carbocycles. The van der Waals surface area contributed by atoms with Gasteiger partial charge in [-0.1, -0.05) is 66.7 Å². The summed E-state index contributed by atoms with van der Waals surface area (Å²) in [6, 6.07) is 22.6. The first kappa shape index (κ1) is 16.7. The molecule has 0 heterocycles. The Balaban J connectivity index is 1.64. The van der Waals surface area contributed by atoms with E-state index in [1.807, 2.05) is 60.7 Å². The van der Waals surface area contributed by atoms with Gasteiger partial charge in [0, 0.05) is 6.54 Å². The van der Waals surface area contributed by atoms with Gasteiger partial charge in [-0.05, 0) is 29.3 Å². The van der Waals surface area contributed by atoms with Crippen LogP contribution in [0.3, 0.4) is 0 Å². The Morgan fingerprint density at radius 1 is 0.920 bits per heavy atom. The lowest BCUT2D eigenvalue weighted by Gasteiger charge is -2.14. The van der Waals surface area contributed by atoms with Gasteiger partial charge in [-0.3, -0.25) is 4.79 Å². The second kappa shape index (κ2) is 7.62. The molecule has 0 fully saturated rings. The molecule has 4 nitrogen and oxygen atoms in total. The quantitative estimate of drug-likeness (QED) is 0.724. The molecule has 0 saturated carbocycles. The van der Waals surface area contributed by atoms with E-state index in [4.69, 9.17) is 4.74 Å². The van der Waals surface area contributed by atoms with Gasteiger partial charge in [0.2, 0.25) is 0 Å². The summed E-state index contributed by atoms with van der Waals surface area (Å²) in [6.45, 7) is 1.97. The van der Waals surface area contributed by atoms with Gasteiger partial charge >= 0.3 is 5.97 Å². The van der Waals surface area contributed by atoms with Gasteiger partial charge in [-0.2, -0.15) is 0 Å². The molecule has 0 aliphatic heterocycles. The van der Waals surface area contributed by atoms with Gasteiger partial charge in [0.25, 0.3) is 5.91 Å². The van der Waals surface area contributed by atoms with Crippen LogP contribution in [0.2, 0.25) is 0 Å². The van der Waals surface area contributed by atoms with Crippen LogP contribution in [0.15, 0.2) is 72.8 Å². The highest BCUT2D eigenvalue weighted by molar-refractivity contribution is 6.05. The second-order valence-corrected chi connectivity index (χ2v) is 5.78. The van der Waals surface area contributed by atoms with E-state index >= 15 is 0 Å². The molecule has 4 heteroatoms. The van der Waals surface area contributed by atoms with Gasteiger partial charge in [0.1, 0.15) is 0 Å². The molecule has 0 radical (unpaired) electrons. The predicted octanol–water partition coefficient (Wildman–Crippen LogP) is 3.70. The third kappa shape index (κ3) is 4.04. The maximum absolute atomic E-state index is 12.4. The van der Waals surface area contributed by atoms with Crippen LogP contribution in [0.5, 0.6) is 0 Å². The van der Waals surface area contributed by atoms with Crippen molar-refractivity contribution in [2.75, 3.05) is 0 Å². The van der Waals surface area contributed by atoms with Gasteiger partial charge < -0.3 is 10.1 Å². The number of fused-ring (bicyclic) bond motifs is 1. The highest BCUT2D eigenvalue weighted by Crippen LogP contribution is 2.19. The van der Waals surface area contributed by atoms with Crippen molar-refractivity contribution < 1.29 is 14.3 Å². The number of amides is 1. The fourth-order valence-electron chi connectivity index (χ4n) is 2.61. The van der Waals surface area contributed by atoms with E-state index in [1.165, 1.54) is 0 Å². The van der Waals surface area contributed by atoms with Crippen LogP contribution < -0.4 is 5.32 Å². The first-order chi connectivity index (χ1) is 12.1. The van der Waals surface area contributed by atoms with E-state index in [9.17, 15) is 9.59 Å². The molecule has 126 valence electrons. The fourth-order valence-corrected chi connectivity index (χ4v) is 2.61. The number of hydrogen-bond acceptors (Lipinski definition) is 3. The lowest BCUT2D eigenvalue weighted by molar-refractivity contribution is -0.129. The third-order valence-corrected chi connectivity index (χ3v) is 3.97. The summed E-state index contributed by atoms with van der Waals surface area (Å²) < 4.78 is 5.34. The van der Waals surface area contributed by atoms with Crippen LogP contribution >= 0.6 is 0 Å². The topological polar surface area (TPSA) is 55.4 Å². The lowest BCUT2D eigenvalue weighted by Crippen LogP contribution is -2.35. The minimum atomic E-state index is -0.866. The van der Waals surface area contributed by atoms with E-state index in [0.29, 0.717) is 12.1 Å². The number of carbonyl (C=O) groups excluding carboxylic acids is 2. The number of hydrogen-bond donors (Lipinski definition) is 1. The van der Waals surface area contributed by atoms with Crippen LogP contribution in [0.4, 0.5) is 0 Å². The number of nitrogens with one attached hydrogen (secondary N) is 1. The molecule has 25 heavy (non-hydrogen) atoms. The molecule has 1 amide bonds. The van der Waals surface area contributed by atoms with Crippen molar-refractivity contribution in [3.8, 4) is 0 Å². The molecule has 1 atom stereocenters. The third-order valence-electron chi connectivity index (χ3n) is 3.97. The Morgan fingerprint density at radius 2 is 1.60 bits per heavy atom. The molecular formula is C21H19NO3. The highest BCUT2D eigenvalue weighted by Gasteiger charge is 2.19. The van der Waals surface area contributed by atoms with Gasteiger partial charge in [0.05, 0.1) is 5.56 Å². The van der Waals surface area contributed by atoms with Crippen molar-refractivity contribution in [1.29, 1.82) is 0 Å². The molecule has 0 unspecified atom stereocenters. The van der Waals surface area contributed by atoms with Gasteiger partial charge in [-0.25, -0.2) is 4.79 Å². The summed E-state index contributed by atoms with van der Waals surface area (Å²) in [6.07, 6.45) is -0.866. The molecule has 0 spiro atoms. The monoisotopic (exact) mass is 333 g/mol. The average molecular weight is 333 g/mol. The van der Waals surface area contributed by atoms with E-state index in [1.54, 1.807) is 19.1 Å². The van der Waals surface area contributed by atoms with Crippen LogP contribution in [0.25, 0.3) is 10.8 Å². The molecular weight excluding hydrogens is 314 g/mol. The molecule has 0 aliphatic carbocycles. The van der Waals surface area contributed by atoms with Crippen molar-refractivity contribution >= 4 is 22.6 Å². The fraction of sp³-hybridized carbons (Fsp3) is 0.143. The molecule has 0 aliphatic rings. The number of benzene rings is 3. The lowest BCUT2D eigenvalue weighted by atomic mass is 10.0. The van der Waals surface area contributed by atoms with Crippen molar-refractivity contribution in [2.45, 2.75) is 19.6 Å². The summed E-state index contributed by atoms with van der Waals surface area (Å²) in [5.41, 5.74) is 1.45. The SMILES string of the molecule is C[C@@H](OC(=O)c1cccc2ccccc12)C(=O)NCc1ccccc1. The van der Waals surface area contributed by atoms with Gasteiger partial charge in [0.15, 0.2) is 6.10 Å². The summed E-state index contributed by atoms with van der Waals surface area (Å²) in [4.78, 5) is 24.6. The normalized spacial score (nSPS) is 11.7. The number of esters is 1. The highest BCUT2D eigenvalue weighted by atomic mass is 16.5. The molecule has 1 N–H and O–H groups in total. The molecule has 3 rings (SSSR count). The smallest absolute Gasteiger partial charge is 0.339 e. The molecule has 0 saturated heterocycles. The van der Waals surface area contributed by atoms with Gasteiger partial charge in [-0.15, -0.1) is 0 Å². The number of rotatable bonds is 5. The largest absolute Gasteiger partial charge is 0.449 e. The first-order valence-corrected chi connectivity index (χ1v) is 8.15. The predicted molar refractivity (Wildman–Crippen MR) is 97.1 cm³/mol. The molecule has 3 aromatic rings. The zero-order chi connectivity index (χ0) is 17.6. The summed E-state index contributed by atoms with van der Waals surface area (Å²) in [5.74, 6) is -0.823. The van der Waals surface area contributed by atoms with E-state index < -0.39 is 12.1 Å². The van der Waals surface area contributed by atoms with Crippen LogP contribution in [0.1, 0.15) is 22.8 Å². The molecule has 0 bridgehead atoms.